The number of thiazole rings is 1. The van der Waals surface area contributed by atoms with Crippen LogP contribution in [-0.4, -0.2) is 15.4 Å². The molecule has 0 N–H and O–H groups in total. The van der Waals surface area contributed by atoms with E-state index in [1.807, 2.05) is 0 Å². The first-order valence-electron chi connectivity index (χ1n) is 5.48. The van der Waals surface area contributed by atoms with Gasteiger partial charge in [0.25, 0.3) is 5.56 Å². The number of fused-ring (bicyclic) bond motifs is 1. The first kappa shape index (κ1) is 11.6. The Morgan fingerprint density at radius 2 is 2.05 bits per heavy atom. The summed E-state index contributed by atoms with van der Waals surface area (Å²) >= 11 is 1.30. The molecular weight excluding hydrogens is 264 g/mol. The number of ether oxygens (including phenoxy) is 1. The van der Waals surface area contributed by atoms with Crippen LogP contribution in [0.2, 0.25) is 0 Å². The molecule has 0 aliphatic heterocycles. The summed E-state index contributed by atoms with van der Waals surface area (Å²) in [5, 5.41) is 1.74. The van der Waals surface area contributed by atoms with E-state index in [2.05, 4.69) is 4.98 Å². The lowest BCUT2D eigenvalue weighted by molar-refractivity contribution is 0.0727. The third kappa shape index (κ3) is 2.25. The average Bonchev–Trinajstić information content (AvgIpc) is 2.88. The van der Waals surface area contributed by atoms with Gasteiger partial charge in [0.15, 0.2) is 4.96 Å². The summed E-state index contributed by atoms with van der Waals surface area (Å²) in [5.41, 5.74) is 0.137. The monoisotopic (exact) mass is 272 g/mol. The molecule has 6 heteroatoms. The molecule has 5 nitrogen and oxygen atoms in total. The van der Waals surface area contributed by atoms with Crippen LogP contribution in [0.1, 0.15) is 10.4 Å². The largest absolute Gasteiger partial charge is 0.404 e. The Bertz CT molecular complexity index is 792. The number of hydrogen-bond donors (Lipinski definition) is 0. The second-order valence-electron chi connectivity index (χ2n) is 3.74. The van der Waals surface area contributed by atoms with Crippen LogP contribution < -0.4 is 10.3 Å². The van der Waals surface area contributed by atoms with Gasteiger partial charge in [-0.3, -0.25) is 9.20 Å². The Morgan fingerprint density at radius 3 is 2.84 bits per heavy atom. The maximum atomic E-state index is 11.8. The number of esters is 1. The van der Waals surface area contributed by atoms with Gasteiger partial charge in [0, 0.05) is 11.6 Å². The van der Waals surface area contributed by atoms with Crippen molar-refractivity contribution in [2.75, 3.05) is 0 Å². The molecule has 0 radical (unpaired) electrons. The van der Waals surface area contributed by atoms with Crippen LogP contribution in [-0.2, 0) is 0 Å². The number of carbonyl (C=O) groups excluding carboxylic acids is 1. The molecule has 19 heavy (non-hydrogen) atoms. The predicted octanol–water partition coefficient (Wildman–Crippen LogP) is 1.98. The molecule has 0 aliphatic rings. The molecule has 0 saturated heterocycles. The number of hydrogen-bond acceptors (Lipinski definition) is 5. The van der Waals surface area contributed by atoms with Crippen LogP contribution in [0.3, 0.4) is 0 Å². The average molecular weight is 272 g/mol. The van der Waals surface area contributed by atoms with Gasteiger partial charge in [-0.2, -0.15) is 4.98 Å². The zero-order valence-corrected chi connectivity index (χ0v) is 10.5. The molecule has 0 fully saturated rings. The van der Waals surface area contributed by atoms with Crippen molar-refractivity contribution in [3.8, 4) is 5.88 Å². The molecule has 0 unspecified atom stereocenters. The first-order chi connectivity index (χ1) is 9.24. The smallest absolute Gasteiger partial charge is 0.344 e. The first-order valence-corrected chi connectivity index (χ1v) is 6.36. The molecule has 0 bridgehead atoms. The van der Waals surface area contributed by atoms with E-state index in [0.717, 1.165) is 0 Å². The number of benzene rings is 1. The minimum Gasteiger partial charge on any atom is -0.404 e. The van der Waals surface area contributed by atoms with E-state index in [4.69, 9.17) is 4.74 Å². The maximum absolute atomic E-state index is 11.8. The molecule has 2 aromatic heterocycles. The van der Waals surface area contributed by atoms with E-state index >= 15 is 0 Å². The maximum Gasteiger partial charge on any atom is 0.344 e. The highest BCUT2D eigenvalue weighted by atomic mass is 32.1. The summed E-state index contributed by atoms with van der Waals surface area (Å²) in [6, 6.07) is 9.75. The van der Waals surface area contributed by atoms with Gasteiger partial charge in [0.05, 0.1) is 11.6 Å². The fraction of sp³-hybridized carbons (Fsp3) is 0. The molecule has 0 spiro atoms. The quantitative estimate of drug-likeness (QED) is 0.669. The zero-order chi connectivity index (χ0) is 13.2. The lowest BCUT2D eigenvalue weighted by Crippen LogP contribution is -2.15. The SMILES string of the molecule is O=C(Oc1cc(=O)n2ccsc2n1)c1ccccc1. The van der Waals surface area contributed by atoms with Gasteiger partial charge in [-0.05, 0) is 12.1 Å². The summed E-state index contributed by atoms with van der Waals surface area (Å²) in [4.78, 5) is 28.1. The van der Waals surface area contributed by atoms with Crippen LogP contribution in [0.5, 0.6) is 5.88 Å². The standard InChI is InChI=1S/C13H8N2O3S/c16-11-8-10(14-13-15(11)6-7-19-13)18-12(17)9-4-2-1-3-5-9/h1-8H. The summed E-state index contributed by atoms with van der Waals surface area (Å²) < 4.78 is 6.50. The van der Waals surface area contributed by atoms with Crippen LogP contribution >= 0.6 is 11.3 Å². The van der Waals surface area contributed by atoms with Gasteiger partial charge in [-0.25, -0.2) is 4.79 Å². The number of nitrogens with zero attached hydrogens (tertiary/aromatic N) is 2. The van der Waals surface area contributed by atoms with Crippen molar-refractivity contribution >= 4 is 22.3 Å². The van der Waals surface area contributed by atoms with Gasteiger partial charge in [-0.15, -0.1) is 11.3 Å². The topological polar surface area (TPSA) is 60.7 Å². The molecule has 0 atom stereocenters. The van der Waals surface area contributed by atoms with Crippen LogP contribution in [0.25, 0.3) is 4.96 Å². The summed E-state index contributed by atoms with van der Waals surface area (Å²) in [5.74, 6) is -0.519. The Morgan fingerprint density at radius 1 is 1.26 bits per heavy atom. The van der Waals surface area contributed by atoms with E-state index in [9.17, 15) is 9.59 Å². The molecular formula is C13H8N2O3S. The molecule has 3 aromatic rings. The molecule has 94 valence electrons. The molecule has 3 rings (SSSR count). The Labute approximate surface area is 111 Å². The summed E-state index contributed by atoms with van der Waals surface area (Å²) in [6.45, 7) is 0. The normalized spacial score (nSPS) is 10.5. The van der Waals surface area contributed by atoms with E-state index in [1.165, 1.54) is 21.8 Å². The third-order valence-electron chi connectivity index (χ3n) is 2.49. The van der Waals surface area contributed by atoms with Gasteiger partial charge < -0.3 is 4.74 Å². The Hall–Kier alpha value is -2.47. The van der Waals surface area contributed by atoms with E-state index in [-0.39, 0.29) is 11.4 Å². The van der Waals surface area contributed by atoms with Crippen molar-refractivity contribution in [2.24, 2.45) is 0 Å². The zero-order valence-electron chi connectivity index (χ0n) is 9.65. The number of aromatic nitrogens is 2. The van der Waals surface area contributed by atoms with Crippen LogP contribution in [0.4, 0.5) is 0 Å². The molecule has 0 amide bonds. The second-order valence-corrected chi connectivity index (χ2v) is 4.62. The fourth-order valence-corrected chi connectivity index (χ4v) is 2.31. The van der Waals surface area contributed by atoms with Gasteiger partial charge in [0.2, 0.25) is 5.88 Å². The Balaban J connectivity index is 1.93. The van der Waals surface area contributed by atoms with Crippen molar-refractivity contribution in [3.05, 3.63) is 63.9 Å². The van der Waals surface area contributed by atoms with Crippen molar-refractivity contribution in [3.63, 3.8) is 0 Å². The summed E-state index contributed by atoms with van der Waals surface area (Å²) in [7, 11) is 0. The lowest BCUT2D eigenvalue weighted by Gasteiger charge is -2.02. The van der Waals surface area contributed by atoms with Crippen molar-refractivity contribution in [1.29, 1.82) is 0 Å². The van der Waals surface area contributed by atoms with E-state index in [0.29, 0.717) is 10.5 Å². The highest BCUT2D eigenvalue weighted by Gasteiger charge is 2.11. The van der Waals surface area contributed by atoms with Crippen LogP contribution in [0.15, 0.2) is 52.8 Å². The fourth-order valence-electron chi connectivity index (χ4n) is 1.60. The number of carbonyl (C=O) groups is 1. The third-order valence-corrected chi connectivity index (χ3v) is 3.24. The van der Waals surface area contributed by atoms with Gasteiger partial charge in [-0.1, -0.05) is 18.2 Å². The van der Waals surface area contributed by atoms with Crippen molar-refractivity contribution in [1.82, 2.24) is 9.38 Å². The van der Waals surface area contributed by atoms with Crippen molar-refractivity contribution in [2.45, 2.75) is 0 Å². The highest BCUT2D eigenvalue weighted by Crippen LogP contribution is 2.12. The molecule has 0 aliphatic carbocycles. The molecule has 2 heterocycles. The number of rotatable bonds is 2. The van der Waals surface area contributed by atoms with Crippen LogP contribution in [0, 0.1) is 0 Å². The Kier molecular flexibility index (Phi) is 2.85. The van der Waals surface area contributed by atoms with E-state index in [1.54, 1.807) is 41.9 Å². The molecule has 0 saturated carbocycles. The van der Waals surface area contributed by atoms with Gasteiger partial charge in [0.1, 0.15) is 0 Å². The second kappa shape index (κ2) is 4.66. The minimum atomic E-state index is -0.534. The lowest BCUT2D eigenvalue weighted by atomic mass is 10.2. The highest BCUT2D eigenvalue weighted by molar-refractivity contribution is 7.15. The predicted molar refractivity (Wildman–Crippen MR) is 70.7 cm³/mol. The van der Waals surface area contributed by atoms with Crippen molar-refractivity contribution < 1.29 is 9.53 Å². The van der Waals surface area contributed by atoms with Gasteiger partial charge >= 0.3 is 5.97 Å². The summed E-state index contributed by atoms with van der Waals surface area (Å²) in [6.07, 6.45) is 1.62. The molecule has 1 aromatic carbocycles. The van der Waals surface area contributed by atoms with E-state index < -0.39 is 5.97 Å². The minimum absolute atomic E-state index is 0.0151.